The van der Waals surface area contributed by atoms with Crippen LogP contribution in [-0.2, 0) is 31.6 Å². The lowest BCUT2D eigenvalue weighted by molar-refractivity contribution is -0.120. The van der Waals surface area contributed by atoms with Gasteiger partial charge in [0.2, 0.25) is 11.8 Å². The van der Waals surface area contributed by atoms with Gasteiger partial charge in [-0.05, 0) is 62.7 Å². The van der Waals surface area contributed by atoms with E-state index in [0.29, 0.717) is 17.1 Å². The minimum absolute atomic E-state index is 0.00248. The van der Waals surface area contributed by atoms with E-state index in [0.717, 1.165) is 12.3 Å². The molecular formula is C30H30F2N4O5S. The van der Waals surface area contributed by atoms with Crippen molar-refractivity contribution in [1.29, 1.82) is 0 Å². The average molecular weight is 597 g/mol. The number of hydrogen-bond acceptors (Lipinski definition) is 8. The number of anilines is 1. The van der Waals surface area contributed by atoms with Gasteiger partial charge in [0.15, 0.2) is 9.84 Å². The number of sulfone groups is 1. The lowest BCUT2D eigenvalue weighted by atomic mass is 9.90. The topological polar surface area (TPSA) is 129 Å². The van der Waals surface area contributed by atoms with Crippen molar-refractivity contribution in [2.24, 2.45) is 5.73 Å². The first kappa shape index (κ1) is 29.3. The number of carbonyl (C=O) groups is 1. The molecule has 42 heavy (non-hydrogen) atoms. The Labute approximate surface area is 242 Å². The molecule has 0 saturated heterocycles. The van der Waals surface area contributed by atoms with Crippen molar-refractivity contribution in [2.75, 3.05) is 11.2 Å². The van der Waals surface area contributed by atoms with E-state index in [-0.39, 0.29) is 41.6 Å². The molecule has 0 aliphatic carbocycles. The molecule has 0 unspecified atom stereocenters. The maximum Gasteiger partial charge on any atom is 0.250 e. The molecule has 12 heteroatoms. The van der Waals surface area contributed by atoms with Crippen LogP contribution in [0.4, 0.5) is 14.5 Å². The van der Waals surface area contributed by atoms with Gasteiger partial charge in [0, 0.05) is 18.2 Å². The molecule has 1 aliphatic rings. The van der Waals surface area contributed by atoms with E-state index in [1.165, 1.54) is 31.7 Å². The molecule has 0 spiro atoms. The number of amides is 1. The Balaban J connectivity index is 1.54. The molecule has 2 atom stereocenters. The summed E-state index contributed by atoms with van der Waals surface area (Å²) in [6.45, 7) is 4.03. The Morgan fingerprint density at radius 1 is 1.10 bits per heavy atom. The second kappa shape index (κ2) is 10.6. The molecule has 4 aromatic rings. The van der Waals surface area contributed by atoms with E-state index in [4.69, 9.17) is 14.9 Å². The number of alkyl halides is 1. The van der Waals surface area contributed by atoms with Crippen molar-refractivity contribution in [3.05, 3.63) is 89.6 Å². The fourth-order valence-corrected chi connectivity index (χ4v) is 5.06. The number of para-hydroxylation sites is 1. The van der Waals surface area contributed by atoms with Crippen LogP contribution in [0.1, 0.15) is 44.2 Å². The van der Waals surface area contributed by atoms with Gasteiger partial charge in [0.05, 0.1) is 23.8 Å². The van der Waals surface area contributed by atoms with Gasteiger partial charge in [0.1, 0.15) is 27.7 Å². The van der Waals surface area contributed by atoms with Crippen LogP contribution in [0, 0.1) is 5.82 Å². The smallest absolute Gasteiger partial charge is 0.250 e. The SMILES string of the molecule is CC(C)(c1nnc(-c2cc3c(cc2F)[C@](C)(F)C[C@H](N)C(=O)N3Cc2ccc(Oc3ccccc3)cc2)o1)S(C)(=O)=O. The number of hydrogen-bond donors (Lipinski definition) is 1. The molecule has 220 valence electrons. The van der Waals surface area contributed by atoms with Gasteiger partial charge in [-0.15, -0.1) is 10.2 Å². The third kappa shape index (κ3) is 5.51. The van der Waals surface area contributed by atoms with Gasteiger partial charge in [-0.1, -0.05) is 30.3 Å². The van der Waals surface area contributed by atoms with E-state index in [2.05, 4.69) is 10.2 Å². The molecule has 1 aromatic heterocycles. The zero-order valence-corrected chi connectivity index (χ0v) is 24.3. The Hall–Kier alpha value is -4.16. The van der Waals surface area contributed by atoms with Gasteiger partial charge < -0.3 is 19.8 Å². The van der Waals surface area contributed by atoms with E-state index in [1.54, 1.807) is 24.3 Å². The molecular weight excluding hydrogens is 566 g/mol. The number of nitrogens with zero attached hydrogens (tertiary/aromatic N) is 3. The lowest BCUT2D eigenvalue weighted by Gasteiger charge is -2.26. The summed E-state index contributed by atoms with van der Waals surface area (Å²) in [5.74, 6) is -0.745. The first-order valence-electron chi connectivity index (χ1n) is 13.1. The summed E-state index contributed by atoms with van der Waals surface area (Å²) in [4.78, 5) is 14.8. The minimum Gasteiger partial charge on any atom is -0.457 e. The first-order valence-corrected chi connectivity index (χ1v) is 15.0. The standard InChI is InChI=1S/C30H30F2N4O5S/c1-29(2,42(4,38)39)28-35-34-26(41-28)21-14-25-22(15-23(21)31)30(3,32)16-24(33)27(37)36(25)17-18-10-12-20(13-11-18)40-19-8-6-5-7-9-19/h5-15,24H,16-17,33H2,1-4H3/t24-,30+/m0/s1. The molecule has 1 amide bonds. The Kier molecular flexibility index (Phi) is 7.40. The van der Waals surface area contributed by atoms with Crippen LogP contribution >= 0.6 is 0 Å². The molecule has 0 bridgehead atoms. The Morgan fingerprint density at radius 2 is 1.74 bits per heavy atom. The van der Waals surface area contributed by atoms with Crippen molar-refractivity contribution >= 4 is 21.4 Å². The second-order valence-electron chi connectivity index (χ2n) is 11.0. The Bertz CT molecular complexity index is 1740. The van der Waals surface area contributed by atoms with Crippen LogP contribution in [0.15, 0.2) is 71.1 Å². The third-order valence-corrected chi connectivity index (χ3v) is 9.49. The molecule has 2 N–H and O–H groups in total. The van der Waals surface area contributed by atoms with Crippen LogP contribution in [0.5, 0.6) is 11.5 Å². The van der Waals surface area contributed by atoms with Gasteiger partial charge in [-0.25, -0.2) is 17.2 Å². The Morgan fingerprint density at radius 3 is 2.38 bits per heavy atom. The second-order valence-corrected chi connectivity index (χ2v) is 13.6. The third-order valence-electron chi connectivity index (χ3n) is 7.46. The highest BCUT2D eigenvalue weighted by atomic mass is 32.2. The molecule has 2 heterocycles. The van der Waals surface area contributed by atoms with E-state index in [1.807, 2.05) is 30.3 Å². The van der Waals surface area contributed by atoms with Crippen molar-refractivity contribution in [3.63, 3.8) is 0 Å². The van der Waals surface area contributed by atoms with Crippen LogP contribution in [-0.4, -0.2) is 36.8 Å². The zero-order chi connectivity index (χ0) is 30.4. The molecule has 9 nitrogen and oxygen atoms in total. The quantitative estimate of drug-likeness (QED) is 0.301. The molecule has 0 radical (unpaired) electrons. The predicted octanol–water partition coefficient (Wildman–Crippen LogP) is 5.40. The maximum absolute atomic E-state index is 16.0. The summed E-state index contributed by atoms with van der Waals surface area (Å²) < 4.78 is 65.9. The fraction of sp³-hybridized carbons (Fsp3) is 0.300. The maximum atomic E-state index is 16.0. The molecule has 0 fully saturated rings. The fourth-order valence-electron chi connectivity index (χ4n) is 4.66. The monoisotopic (exact) mass is 596 g/mol. The van der Waals surface area contributed by atoms with Gasteiger partial charge in [-0.3, -0.25) is 4.79 Å². The van der Waals surface area contributed by atoms with Crippen molar-refractivity contribution in [2.45, 2.75) is 50.2 Å². The number of fused-ring (bicyclic) bond motifs is 1. The zero-order valence-electron chi connectivity index (χ0n) is 23.5. The van der Waals surface area contributed by atoms with Crippen LogP contribution in [0.3, 0.4) is 0 Å². The summed E-state index contributed by atoms with van der Waals surface area (Å²) in [6.07, 6.45) is 0.667. The summed E-state index contributed by atoms with van der Waals surface area (Å²) in [6, 6.07) is 17.3. The van der Waals surface area contributed by atoms with E-state index < -0.39 is 38.0 Å². The first-order chi connectivity index (χ1) is 19.7. The summed E-state index contributed by atoms with van der Waals surface area (Å²) in [5.41, 5.74) is 4.48. The number of halogens is 2. The van der Waals surface area contributed by atoms with Crippen molar-refractivity contribution < 1.29 is 31.1 Å². The number of benzene rings is 3. The van der Waals surface area contributed by atoms with Gasteiger partial charge >= 0.3 is 0 Å². The number of carbonyl (C=O) groups excluding carboxylic acids is 1. The molecule has 5 rings (SSSR count). The number of aromatic nitrogens is 2. The van der Waals surface area contributed by atoms with Crippen LogP contribution in [0.2, 0.25) is 0 Å². The predicted molar refractivity (Wildman–Crippen MR) is 153 cm³/mol. The molecule has 1 aliphatic heterocycles. The summed E-state index contributed by atoms with van der Waals surface area (Å²) in [7, 11) is -3.66. The number of rotatable bonds is 7. The van der Waals surface area contributed by atoms with Crippen molar-refractivity contribution in [1.82, 2.24) is 10.2 Å². The van der Waals surface area contributed by atoms with E-state index >= 15 is 8.78 Å². The average Bonchev–Trinajstić information content (AvgIpc) is 3.41. The number of ether oxygens (including phenoxy) is 1. The highest BCUT2D eigenvalue weighted by Crippen LogP contribution is 2.44. The van der Waals surface area contributed by atoms with Crippen LogP contribution in [0.25, 0.3) is 11.5 Å². The summed E-state index contributed by atoms with van der Waals surface area (Å²) >= 11 is 0. The lowest BCUT2D eigenvalue weighted by Crippen LogP contribution is -2.43. The minimum atomic E-state index is -3.66. The molecule has 0 saturated carbocycles. The normalized spacial score (nSPS) is 19.4. The van der Waals surface area contributed by atoms with Crippen molar-refractivity contribution in [3.8, 4) is 23.0 Å². The van der Waals surface area contributed by atoms with Gasteiger partial charge in [-0.2, -0.15) is 0 Å². The number of nitrogens with two attached hydrogens (primary N) is 1. The summed E-state index contributed by atoms with van der Waals surface area (Å²) in [5, 5.41) is 7.70. The highest BCUT2D eigenvalue weighted by molar-refractivity contribution is 7.91. The van der Waals surface area contributed by atoms with Gasteiger partial charge in [0.25, 0.3) is 5.89 Å². The van der Waals surface area contributed by atoms with E-state index in [9.17, 15) is 13.2 Å². The molecule has 3 aromatic carbocycles. The highest BCUT2D eigenvalue weighted by Gasteiger charge is 2.42. The largest absolute Gasteiger partial charge is 0.457 e. The van der Waals surface area contributed by atoms with Crippen LogP contribution < -0.4 is 15.4 Å².